The monoisotopic (exact) mass is 337 g/mol. The third-order valence-electron chi connectivity index (χ3n) is 2.49. The van der Waals surface area contributed by atoms with E-state index in [1.807, 2.05) is 0 Å². The van der Waals surface area contributed by atoms with Crippen LogP contribution in [-0.2, 0) is 16.1 Å². The SMILES string of the molecule is CO[C@@H](C=N[S+]([O-])C(C)(C)C)c1cccc(OC(F)(F)F)c1. The molecule has 22 heavy (non-hydrogen) atoms. The smallest absolute Gasteiger partial charge is 0.573 e. The van der Waals surface area contributed by atoms with Crippen molar-refractivity contribution in [3.05, 3.63) is 29.8 Å². The van der Waals surface area contributed by atoms with E-state index in [4.69, 9.17) is 4.74 Å². The molecular weight excluding hydrogens is 319 g/mol. The third kappa shape index (κ3) is 6.25. The molecule has 0 spiro atoms. The lowest BCUT2D eigenvalue weighted by molar-refractivity contribution is -0.274. The van der Waals surface area contributed by atoms with Crippen molar-refractivity contribution in [3.8, 4) is 5.75 Å². The van der Waals surface area contributed by atoms with Crippen molar-refractivity contribution in [3.63, 3.8) is 0 Å². The van der Waals surface area contributed by atoms with E-state index in [0.717, 1.165) is 0 Å². The number of benzene rings is 1. The van der Waals surface area contributed by atoms with Crippen molar-refractivity contribution in [2.75, 3.05) is 7.11 Å². The molecule has 0 amide bonds. The lowest BCUT2D eigenvalue weighted by Crippen LogP contribution is -2.26. The van der Waals surface area contributed by atoms with Gasteiger partial charge in [-0.05, 0) is 38.5 Å². The highest BCUT2D eigenvalue weighted by Gasteiger charge is 2.31. The van der Waals surface area contributed by atoms with Gasteiger partial charge in [0.05, 0.1) is 6.21 Å². The first-order chi connectivity index (χ1) is 10.0. The van der Waals surface area contributed by atoms with Gasteiger partial charge in [0.15, 0.2) is 0 Å². The summed E-state index contributed by atoms with van der Waals surface area (Å²) in [6.07, 6.45) is -4.17. The summed E-state index contributed by atoms with van der Waals surface area (Å²) in [5, 5.41) is 0. The maximum atomic E-state index is 12.2. The minimum atomic E-state index is -4.76. The first-order valence-electron chi connectivity index (χ1n) is 6.37. The fourth-order valence-corrected chi connectivity index (χ4v) is 1.98. The Hall–Kier alpha value is -1.25. The Bertz CT molecular complexity index is 515. The Morgan fingerprint density at radius 2 is 1.91 bits per heavy atom. The Kier molecular flexibility index (Phi) is 6.27. The molecule has 0 bridgehead atoms. The summed E-state index contributed by atoms with van der Waals surface area (Å²) in [7, 11) is 1.38. The predicted octanol–water partition coefficient (Wildman–Crippen LogP) is 3.81. The minimum absolute atomic E-state index is 0.350. The van der Waals surface area contributed by atoms with Crippen molar-refractivity contribution in [1.29, 1.82) is 0 Å². The van der Waals surface area contributed by atoms with Crippen LogP contribution in [0.5, 0.6) is 5.75 Å². The average Bonchev–Trinajstić information content (AvgIpc) is 2.36. The molecular formula is C14H18F3NO3S. The van der Waals surface area contributed by atoms with Crippen LogP contribution in [0.1, 0.15) is 32.4 Å². The summed E-state index contributed by atoms with van der Waals surface area (Å²) in [6.45, 7) is 5.29. The van der Waals surface area contributed by atoms with Gasteiger partial charge in [-0.3, -0.25) is 0 Å². The second kappa shape index (κ2) is 7.34. The predicted molar refractivity (Wildman–Crippen MR) is 79.3 cm³/mol. The number of ether oxygens (including phenoxy) is 2. The highest BCUT2D eigenvalue weighted by molar-refractivity contribution is 7.91. The van der Waals surface area contributed by atoms with Gasteiger partial charge in [0.25, 0.3) is 0 Å². The molecule has 0 fully saturated rings. The van der Waals surface area contributed by atoms with E-state index < -0.39 is 28.6 Å². The molecule has 4 nitrogen and oxygen atoms in total. The van der Waals surface area contributed by atoms with Gasteiger partial charge in [0.1, 0.15) is 28.0 Å². The molecule has 1 rings (SSSR count). The molecule has 0 N–H and O–H groups in total. The average molecular weight is 337 g/mol. The van der Waals surface area contributed by atoms with E-state index in [1.54, 1.807) is 26.8 Å². The van der Waals surface area contributed by atoms with E-state index in [2.05, 4.69) is 9.13 Å². The van der Waals surface area contributed by atoms with Crippen LogP contribution in [0.15, 0.2) is 28.7 Å². The highest BCUT2D eigenvalue weighted by Crippen LogP contribution is 2.26. The molecule has 2 atom stereocenters. The first kappa shape index (κ1) is 18.8. The molecule has 0 aromatic heterocycles. The zero-order chi connectivity index (χ0) is 17.0. The van der Waals surface area contributed by atoms with Gasteiger partial charge in [-0.2, -0.15) is 0 Å². The van der Waals surface area contributed by atoms with Crippen LogP contribution in [0.3, 0.4) is 0 Å². The van der Waals surface area contributed by atoms with E-state index in [0.29, 0.717) is 5.56 Å². The van der Waals surface area contributed by atoms with Crippen molar-refractivity contribution >= 4 is 17.6 Å². The quantitative estimate of drug-likeness (QED) is 0.606. The third-order valence-corrected chi connectivity index (χ3v) is 3.85. The van der Waals surface area contributed by atoms with Crippen LogP contribution in [0.25, 0.3) is 0 Å². The molecule has 0 aliphatic carbocycles. The van der Waals surface area contributed by atoms with Gasteiger partial charge < -0.3 is 14.0 Å². The highest BCUT2D eigenvalue weighted by atomic mass is 32.2. The van der Waals surface area contributed by atoms with Gasteiger partial charge in [0, 0.05) is 7.11 Å². The lowest BCUT2D eigenvalue weighted by Gasteiger charge is -2.19. The van der Waals surface area contributed by atoms with E-state index in [-0.39, 0.29) is 5.75 Å². The Morgan fingerprint density at radius 3 is 2.41 bits per heavy atom. The fraction of sp³-hybridized carbons (Fsp3) is 0.500. The Balaban J connectivity index is 2.92. The Labute approximate surface area is 130 Å². The van der Waals surface area contributed by atoms with Crippen molar-refractivity contribution in [2.24, 2.45) is 4.40 Å². The van der Waals surface area contributed by atoms with Crippen LogP contribution >= 0.6 is 0 Å². The summed E-state index contributed by atoms with van der Waals surface area (Å²) in [5.41, 5.74) is 0.416. The van der Waals surface area contributed by atoms with E-state index in [9.17, 15) is 17.7 Å². The molecule has 0 radical (unpaired) electrons. The zero-order valence-corrected chi connectivity index (χ0v) is 13.5. The van der Waals surface area contributed by atoms with Crippen LogP contribution in [0.2, 0.25) is 0 Å². The number of nitrogens with zero attached hydrogens (tertiary/aromatic N) is 1. The number of hydrogen-bond acceptors (Lipinski definition) is 4. The topological polar surface area (TPSA) is 53.9 Å². The fourth-order valence-electron chi connectivity index (χ4n) is 1.44. The number of hydrogen-bond donors (Lipinski definition) is 0. The van der Waals surface area contributed by atoms with Crippen LogP contribution < -0.4 is 4.74 Å². The van der Waals surface area contributed by atoms with Gasteiger partial charge in [-0.25, -0.2) is 0 Å². The Morgan fingerprint density at radius 1 is 1.27 bits per heavy atom. The first-order valence-corrected chi connectivity index (χ1v) is 7.48. The summed E-state index contributed by atoms with van der Waals surface area (Å²) in [5.74, 6) is -0.350. The zero-order valence-electron chi connectivity index (χ0n) is 12.7. The molecule has 0 heterocycles. The van der Waals surface area contributed by atoms with Crippen molar-refractivity contribution in [2.45, 2.75) is 38.0 Å². The van der Waals surface area contributed by atoms with Crippen LogP contribution in [0, 0.1) is 0 Å². The molecule has 0 saturated heterocycles. The number of halogens is 3. The number of alkyl halides is 3. The molecule has 1 aromatic carbocycles. The van der Waals surface area contributed by atoms with Crippen LogP contribution in [0.4, 0.5) is 13.2 Å². The van der Waals surface area contributed by atoms with E-state index >= 15 is 0 Å². The molecule has 124 valence electrons. The lowest BCUT2D eigenvalue weighted by atomic mass is 10.1. The summed E-state index contributed by atoms with van der Waals surface area (Å²) in [4.78, 5) is 0. The molecule has 1 aromatic rings. The van der Waals surface area contributed by atoms with Crippen LogP contribution in [-0.4, -0.2) is 29.0 Å². The standard InChI is InChI=1S/C14H18F3NO3S/c1-13(2,3)22(19)18-9-12(20-4)10-6-5-7-11(8-10)21-14(15,16)17/h5-9,12H,1-4H3/t12-,22?/m0/s1. The second-order valence-electron chi connectivity index (χ2n) is 5.39. The van der Waals surface area contributed by atoms with Crippen molar-refractivity contribution < 1.29 is 27.2 Å². The molecule has 0 aliphatic rings. The van der Waals surface area contributed by atoms with Gasteiger partial charge in [-0.1, -0.05) is 16.5 Å². The summed E-state index contributed by atoms with van der Waals surface area (Å²) < 4.78 is 60.9. The maximum absolute atomic E-state index is 12.2. The molecule has 0 aliphatic heterocycles. The summed E-state index contributed by atoms with van der Waals surface area (Å²) in [6, 6.07) is 5.38. The van der Waals surface area contributed by atoms with Gasteiger partial charge >= 0.3 is 6.36 Å². The number of methoxy groups -OCH3 is 1. The molecule has 1 unspecified atom stereocenters. The van der Waals surface area contributed by atoms with Crippen molar-refractivity contribution in [1.82, 2.24) is 0 Å². The number of rotatable bonds is 5. The summed E-state index contributed by atoms with van der Waals surface area (Å²) >= 11 is -1.48. The van der Waals surface area contributed by atoms with Gasteiger partial charge in [-0.15, -0.1) is 13.2 Å². The molecule has 8 heteroatoms. The van der Waals surface area contributed by atoms with Gasteiger partial charge in [0.2, 0.25) is 0 Å². The maximum Gasteiger partial charge on any atom is 0.573 e. The minimum Gasteiger partial charge on any atom is -0.591 e. The second-order valence-corrected chi connectivity index (χ2v) is 7.33. The normalized spacial score (nSPS) is 15.8. The largest absolute Gasteiger partial charge is 0.591 e. The molecule has 0 saturated carbocycles. The van der Waals surface area contributed by atoms with E-state index in [1.165, 1.54) is 31.5 Å².